The van der Waals surface area contributed by atoms with Gasteiger partial charge >= 0.3 is 0 Å². The van der Waals surface area contributed by atoms with Crippen molar-refractivity contribution in [3.05, 3.63) is 0 Å². The minimum absolute atomic E-state index is 0.00690. The first-order valence-corrected chi connectivity index (χ1v) is 5.26. The standard InChI is InChI=1S/C7H12Cl3N3/c1-3-4-13-6(2)12(5-11-13)7(8,9)10/h5-6H,3-4H2,1-2H3. The van der Waals surface area contributed by atoms with E-state index in [1.807, 2.05) is 11.9 Å². The van der Waals surface area contributed by atoms with Crippen LogP contribution in [0.25, 0.3) is 0 Å². The molecular formula is C7H12Cl3N3. The lowest BCUT2D eigenvalue weighted by atomic mass is 10.4. The van der Waals surface area contributed by atoms with E-state index in [2.05, 4.69) is 12.0 Å². The Labute approximate surface area is 93.2 Å². The minimum atomic E-state index is -1.41. The number of halogens is 3. The lowest BCUT2D eigenvalue weighted by Gasteiger charge is -2.31. The van der Waals surface area contributed by atoms with Crippen molar-refractivity contribution in [1.82, 2.24) is 9.91 Å². The molecule has 0 amide bonds. The van der Waals surface area contributed by atoms with Gasteiger partial charge in [-0.3, -0.25) is 9.91 Å². The lowest BCUT2D eigenvalue weighted by Crippen LogP contribution is -2.43. The maximum Gasteiger partial charge on any atom is 0.270 e. The molecule has 3 nitrogen and oxygen atoms in total. The first kappa shape index (κ1) is 11.2. The van der Waals surface area contributed by atoms with Gasteiger partial charge in [-0.2, -0.15) is 5.10 Å². The number of nitrogens with zero attached hydrogens (tertiary/aromatic N) is 3. The van der Waals surface area contributed by atoms with Crippen molar-refractivity contribution in [3.63, 3.8) is 0 Å². The maximum absolute atomic E-state index is 5.74. The molecule has 1 aliphatic heterocycles. The highest BCUT2D eigenvalue weighted by atomic mass is 35.6. The summed E-state index contributed by atoms with van der Waals surface area (Å²) in [5.74, 6) is 0. The molecule has 6 heteroatoms. The van der Waals surface area contributed by atoms with E-state index in [4.69, 9.17) is 34.8 Å². The molecule has 0 saturated heterocycles. The van der Waals surface area contributed by atoms with E-state index in [1.165, 1.54) is 0 Å². The van der Waals surface area contributed by atoms with Gasteiger partial charge in [0.15, 0.2) is 0 Å². The van der Waals surface area contributed by atoms with Gasteiger partial charge in [0.05, 0.1) is 0 Å². The molecule has 0 fully saturated rings. The topological polar surface area (TPSA) is 18.8 Å². The highest BCUT2D eigenvalue weighted by Crippen LogP contribution is 2.34. The fourth-order valence-electron chi connectivity index (χ4n) is 1.21. The first-order valence-electron chi connectivity index (χ1n) is 4.12. The van der Waals surface area contributed by atoms with E-state index in [9.17, 15) is 0 Å². The van der Waals surface area contributed by atoms with E-state index in [-0.39, 0.29) is 6.17 Å². The second kappa shape index (κ2) is 4.11. The normalized spacial score (nSPS) is 23.0. The number of alkyl halides is 3. The monoisotopic (exact) mass is 243 g/mol. The molecule has 0 radical (unpaired) electrons. The van der Waals surface area contributed by atoms with Crippen LogP contribution >= 0.6 is 34.8 Å². The fourth-order valence-corrected chi connectivity index (χ4v) is 1.76. The number of hydrogen-bond acceptors (Lipinski definition) is 3. The zero-order chi connectivity index (χ0) is 10.1. The molecule has 0 aromatic rings. The molecule has 1 rings (SSSR count). The second-order valence-electron chi connectivity index (χ2n) is 2.90. The summed E-state index contributed by atoms with van der Waals surface area (Å²) in [6, 6.07) is 0. The maximum atomic E-state index is 5.74. The van der Waals surface area contributed by atoms with Crippen molar-refractivity contribution in [1.29, 1.82) is 0 Å². The van der Waals surface area contributed by atoms with Crippen LogP contribution in [-0.2, 0) is 0 Å². The molecular weight excluding hydrogens is 232 g/mol. The van der Waals surface area contributed by atoms with Crippen molar-refractivity contribution in [2.75, 3.05) is 6.54 Å². The summed E-state index contributed by atoms with van der Waals surface area (Å²) in [7, 11) is 0. The average molecular weight is 245 g/mol. The number of hydrogen-bond donors (Lipinski definition) is 0. The van der Waals surface area contributed by atoms with Gasteiger partial charge < -0.3 is 0 Å². The van der Waals surface area contributed by atoms with Gasteiger partial charge in [0.1, 0.15) is 12.5 Å². The molecule has 0 aromatic heterocycles. The summed E-state index contributed by atoms with van der Waals surface area (Å²) in [6.07, 6.45) is 2.59. The predicted octanol–water partition coefficient (Wildman–Crippen LogP) is 2.63. The van der Waals surface area contributed by atoms with Crippen LogP contribution in [0.15, 0.2) is 5.10 Å². The zero-order valence-electron chi connectivity index (χ0n) is 7.54. The van der Waals surface area contributed by atoms with Crippen molar-refractivity contribution in [2.24, 2.45) is 5.10 Å². The molecule has 0 saturated carbocycles. The van der Waals surface area contributed by atoms with Crippen molar-refractivity contribution in [2.45, 2.75) is 30.4 Å². The number of rotatable bonds is 2. The van der Waals surface area contributed by atoms with Crippen LogP contribution in [0.3, 0.4) is 0 Å². The lowest BCUT2D eigenvalue weighted by molar-refractivity contribution is 0.146. The third kappa shape index (κ3) is 2.55. The summed E-state index contributed by atoms with van der Waals surface area (Å²) in [4.78, 5) is 1.59. The largest absolute Gasteiger partial charge is 0.295 e. The molecule has 0 spiro atoms. The van der Waals surface area contributed by atoms with Crippen LogP contribution in [0.1, 0.15) is 20.3 Å². The molecule has 1 atom stereocenters. The number of hydrazone groups is 1. The molecule has 1 unspecified atom stereocenters. The Morgan fingerprint density at radius 3 is 2.46 bits per heavy atom. The summed E-state index contributed by atoms with van der Waals surface area (Å²) < 4.78 is -1.41. The van der Waals surface area contributed by atoms with Gasteiger partial charge in [0.2, 0.25) is 0 Å². The summed E-state index contributed by atoms with van der Waals surface area (Å²) in [5.41, 5.74) is 0. The third-order valence-electron chi connectivity index (χ3n) is 1.90. The molecule has 0 N–H and O–H groups in total. The first-order chi connectivity index (χ1) is 5.96. The van der Waals surface area contributed by atoms with Gasteiger partial charge in [-0.15, -0.1) is 0 Å². The molecule has 0 aliphatic carbocycles. The highest BCUT2D eigenvalue weighted by Gasteiger charge is 2.36. The summed E-state index contributed by atoms with van der Waals surface area (Å²) in [6.45, 7) is 4.90. The summed E-state index contributed by atoms with van der Waals surface area (Å²) >= 11 is 17.2. The average Bonchev–Trinajstić information content (AvgIpc) is 2.32. The van der Waals surface area contributed by atoms with Crippen LogP contribution in [-0.4, -0.2) is 32.9 Å². The van der Waals surface area contributed by atoms with Gasteiger partial charge in [-0.25, -0.2) is 0 Å². The van der Waals surface area contributed by atoms with E-state index >= 15 is 0 Å². The van der Waals surface area contributed by atoms with E-state index in [0.717, 1.165) is 13.0 Å². The molecule has 1 aliphatic rings. The fraction of sp³-hybridized carbons (Fsp3) is 0.857. The van der Waals surface area contributed by atoms with E-state index in [1.54, 1.807) is 11.2 Å². The molecule has 0 bridgehead atoms. The highest BCUT2D eigenvalue weighted by molar-refractivity contribution is 6.67. The quantitative estimate of drug-likeness (QED) is 0.549. The Kier molecular flexibility index (Phi) is 3.55. The van der Waals surface area contributed by atoms with Crippen molar-refractivity contribution in [3.8, 4) is 0 Å². The molecule has 1 heterocycles. The minimum Gasteiger partial charge on any atom is -0.295 e. The van der Waals surface area contributed by atoms with Crippen LogP contribution in [0.5, 0.6) is 0 Å². The SMILES string of the molecule is CCCN1N=CN(C(Cl)(Cl)Cl)C1C. The van der Waals surface area contributed by atoms with Crippen molar-refractivity contribution < 1.29 is 0 Å². The van der Waals surface area contributed by atoms with Crippen LogP contribution in [0, 0.1) is 0 Å². The Hall–Kier alpha value is 0.140. The van der Waals surface area contributed by atoms with Crippen molar-refractivity contribution >= 4 is 41.1 Å². The smallest absolute Gasteiger partial charge is 0.270 e. The predicted molar refractivity (Wildman–Crippen MR) is 57.1 cm³/mol. The summed E-state index contributed by atoms with van der Waals surface area (Å²) in [5, 5.41) is 6.03. The zero-order valence-corrected chi connectivity index (χ0v) is 9.81. The van der Waals surface area contributed by atoms with Gasteiger partial charge in [0.25, 0.3) is 3.92 Å². The molecule has 0 aromatic carbocycles. The van der Waals surface area contributed by atoms with Gasteiger partial charge in [0, 0.05) is 6.54 Å². The van der Waals surface area contributed by atoms with E-state index < -0.39 is 3.92 Å². The van der Waals surface area contributed by atoms with Crippen LogP contribution in [0.4, 0.5) is 0 Å². The molecule has 76 valence electrons. The Balaban J connectivity index is 2.61. The Morgan fingerprint density at radius 1 is 1.46 bits per heavy atom. The van der Waals surface area contributed by atoms with Crippen LogP contribution in [0.2, 0.25) is 0 Å². The van der Waals surface area contributed by atoms with Gasteiger partial charge in [-0.1, -0.05) is 41.7 Å². The van der Waals surface area contributed by atoms with Crippen LogP contribution < -0.4 is 0 Å². The van der Waals surface area contributed by atoms with E-state index in [0.29, 0.717) is 0 Å². The third-order valence-corrected chi connectivity index (χ3v) is 2.49. The Morgan fingerprint density at radius 2 is 2.08 bits per heavy atom. The van der Waals surface area contributed by atoms with Gasteiger partial charge in [-0.05, 0) is 13.3 Å². The Bertz CT molecular complexity index is 202. The molecule has 13 heavy (non-hydrogen) atoms. The second-order valence-corrected chi connectivity index (χ2v) is 5.12.